The summed E-state index contributed by atoms with van der Waals surface area (Å²) in [5, 5.41) is 3.57. The van der Waals surface area contributed by atoms with Crippen molar-refractivity contribution < 1.29 is 9.13 Å². The first-order valence-electron chi connectivity index (χ1n) is 7.59. The highest BCUT2D eigenvalue weighted by atomic mass is 19.1. The zero-order chi connectivity index (χ0) is 14.4. The molecule has 2 unspecified atom stereocenters. The van der Waals surface area contributed by atoms with Crippen LogP contribution in [0.25, 0.3) is 0 Å². The fourth-order valence-corrected chi connectivity index (χ4v) is 2.71. The van der Waals surface area contributed by atoms with Gasteiger partial charge in [0, 0.05) is 31.7 Å². The summed E-state index contributed by atoms with van der Waals surface area (Å²) in [6, 6.07) is 7.71. The normalized spacial score (nSPS) is 23.8. The summed E-state index contributed by atoms with van der Waals surface area (Å²) < 4.78 is 19.0. The van der Waals surface area contributed by atoms with Crippen LogP contribution < -0.4 is 10.1 Å². The summed E-state index contributed by atoms with van der Waals surface area (Å²) in [6.07, 6.45) is 2.27. The van der Waals surface area contributed by atoms with Gasteiger partial charge in [0.05, 0.1) is 0 Å². The highest BCUT2D eigenvalue weighted by molar-refractivity contribution is 5.23. The monoisotopic (exact) mass is 280 g/mol. The number of ether oxygens (including phenoxy) is 1. The molecule has 1 aromatic rings. The molecule has 1 aliphatic rings. The largest absolute Gasteiger partial charge is 0.489 e. The Morgan fingerprint density at radius 2 is 2.10 bits per heavy atom. The van der Waals surface area contributed by atoms with E-state index in [4.69, 9.17) is 4.74 Å². The van der Waals surface area contributed by atoms with Gasteiger partial charge in [-0.05, 0) is 25.0 Å². The SMILES string of the molecule is CCC1CN(CCOc2ccccc2F)C(CC)CN1. The number of hydrogen-bond donors (Lipinski definition) is 1. The molecule has 0 aliphatic carbocycles. The van der Waals surface area contributed by atoms with Crippen LogP contribution in [0.2, 0.25) is 0 Å². The Hall–Kier alpha value is -1.13. The number of rotatable bonds is 6. The highest BCUT2D eigenvalue weighted by Crippen LogP contribution is 2.16. The third-order valence-electron chi connectivity index (χ3n) is 4.05. The zero-order valence-electron chi connectivity index (χ0n) is 12.4. The van der Waals surface area contributed by atoms with Gasteiger partial charge in [-0.25, -0.2) is 4.39 Å². The van der Waals surface area contributed by atoms with Crippen LogP contribution in [0.15, 0.2) is 24.3 Å². The smallest absolute Gasteiger partial charge is 0.165 e. The minimum Gasteiger partial charge on any atom is -0.489 e. The fourth-order valence-electron chi connectivity index (χ4n) is 2.71. The summed E-state index contributed by atoms with van der Waals surface area (Å²) in [6.45, 7) is 7.89. The molecular formula is C16H25FN2O. The number of para-hydroxylation sites is 1. The van der Waals surface area contributed by atoms with Gasteiger partial charge < -0.3 is 10.1 Å². The lowest BCUT2D eigenvalue weighted by Crippen LogP contribution is -2.56. The molecule has 2 atom stereocenters. The Labute approximate surface area is 121 Å². The van der Waals surface area contributed by atoms with Crippen LogP contribution in [-0.2, 0) is 0 Å². The minimum atomic E-state index is -0.286. The molecule has 0 aromatic heterocycles. The van der Waals surface area contributed by atoms with E-state index in [0.29, 0.717) is 24.4 Å². The molecule has 0 spiro atoms. The Kier molecular flexibility index (Phi) is 5.80. The van der Waals surface area contributed by atoms with E-state index in [0.717, 1.165) is 32.5 Å². The van der Waals surface area contributed by atoms with E-state index >= 15 is 0 Å². The van der Waals surface area contributed by atoms with Gasteiger partial charge in [0.15, 0.2) is 11.6 Å². The predicted molar refractivity (Wildman–Crippen MR) is 79.6 cm³/mol. The topological polar surface area (TPSA) is 24.5 Å². The van der Waals surface area contributed by atoms with E-state index in [1.807, 2.05) is 0 Å². The first-order chi connectivity index (χ1) is 9.74. The summed E-state index contributed by atoms with van der Waals surface area (Å²) in [7, 11) is 0. The van der Waals surface area contributed by atoms with Gasteiger partial charge in [-0.3, -0.25) is 4.90 Å². The molecule has 0 bridgehead atoms. The van der Waals surface area contributed by atoms with Crippen molar-refractivity contribution >= 4 is 0 Å². The number of piperazine rings is 1. The molecule has 4 heteroatoms. The Morgan fingerprint density at radius 3 is 2.80 bits per heavy atom. The van der Waals surface area contributed by atoms with Gasteiger partial charge in [-0.15, -0.1) is 0 Å². The lowest BCUT2D eigenvalue weighted by Gasteiger charge is -2.39. The van der Waals surface area contributed by atoms with Crippen molar-refractivity contribution in [1.29, 1.82) is 0 Å². The van der Waals surface area contributed by atoms with Crippen molar-refractivity contribution in [3.05, 3.63) is 30.1 Å². The predicted octanol–water partition coefficient (Wildman–Crippen LogP) is 2.67. The van der Waals surface area contributed by atoms with Gasteiger partial charge in [0.2, 0.25) is 0 Å². The third kappa shape index (κ3) is 3.93. The Bertz CT molecular complexity index is 413. The van der Waals surface area contributed by atoms with E-state index in [-0.39, 0.29) is 5.82 Å². The molecule has 2 rings (SSSR count). The number of nitrogens with zero attached hydrogens (tertiary/aromatic N) is 1. The number of halogens is 1. The quantitative estimate of drug-likeness (QED) is 0.867. The van der Waals surface area contributed by atoms with Crippen molar-refractivity contribution in [1.82, 2.24) is 10.2 Å². The second-order valence-electron chi connectivity index (χ2n) is 5.35. The highest BCUT2D eigenvalue weighted by Gasteiger charge is 2.25. The Morgan fingerprint density at radius 1 is 1.30 bits per heavy atom. The lowest BCUT2D eigenvalue weighted by molar-refractivity contribution is 0.104. The molecule has 1 N–H and O–H groups in total. The summed E-state index contributed by atoms with van der Waals surface area (Å²) in [5.74, 6) is 0.0639. The second-order valence-corrected chi connectivity index (χ2v) is 5.35. The van der Waals surface area contributed by atoms with Crippen LogP contribution in [-0.4, -0.2) is 43.2 Å². The van der Waals surface area contributed by atoms with E-state index in [1.165, 1.54) is 6.07 Å². The molecule has 1 fully saturated rings. The fraction of sp³-hybridized carbons (Fsp3) is 0.625. The van der Waals surface area contributed by atoms with Crippen molar-refractivity contribution in [3.8, 4) is 5.75 Å². The third-order valence-corrected chi connectivity index (χ3v) is 4.05. The van der Waals surface area contributed by atoms with Crippen molar-refractivity contribution in [2.24, 2.45) is 0 Å². The summed E-state index contributed by atoms with van der Waals surface area (Å²) >= 11 is 0. The molecule has 0 radical (unpaired) electrons. The van der Waals surface area contributed by atoms with Crippen molar-refractivity contribution in [2.45, 2.75) is 38.8 Å². The first kappa shape index (κ1) is 15.3. The van der Waals surface area contributed by atoms with Crippen LogP contribution >= 0.6 is 0 Å². The van der Waals surface area contributed by atoms with E-state index in [2.05, 4.69) is 24.1 Å². The molecule has 3 nitrogen and oxygen atoms in total. The number of hydrogen-bond acceptors (Lipinski definition) is 3. The van der Waals surface area contributed by atoms with E-state index in [1.54, 1.807) is 18.2 Å². The molecular weight excluding hydrogens is 255 g/mol. The molecule has 112 valence electrons. The van der Waals surface area contributed by atoms with Crippen LogP contribution in [0.4, 0.5) is 4.39 Å². The lowest BCUT2D eigenvalue weighted by atomic mass is 10.1. The summed E-state index contributed by atoms with van der Waals surface area (Å²) in [4.78, 5) is 2.46. The molecule has 1 heterocycles. The van der Waals surface area contributed by atoms with Crippen LogP contribution in [0, 0.1) is 5.82 Å². The maximum atomic E-state index is 13.5. The van der Waals surface area contributed by atoms with Gasteiger partial charge in [-0.2, -0.15) is 0 Å². The van der Waals surface area contributed by atoms with Crippen LogP contribution in [0.5, 0.6) is 5.75 Å². The molecule has 1 saturated heterocycles. The molecule has 1 aromatic carbocycles. The van der Waals surface area contributed by atoms with Crippen molar-refractivity contribution in [3.63, 3.8) is 0 Å². The van der Waals surface area contributed by atoms with Crippen molar-refractivity contribution in [2.75, 3.05) is 26.2 Å². The number of benzene rings is 1. The average Bonchev–Trinajstić information content (AvgIpc) is 2.49. The van der Waals surface area contributed by atoms with E-state index < -0.39 is 0 Å². The van der Waals surface area contributed by atoms with Gasteiger partial charge >= 0.3 is 0 Å². The molecule has 0 amide bonds. The van der Waals surface area contributed by atoms with Crippen LogP contribution in [0.3, 0.4) is 0 Å². The van der Waals surface area contributed by atoms with Gasteiger partial charge in [0.1, 0.15) is 6.61 Å². The zero-order valence-corrected chi connectivity index (χ0v) is 12.4. The summed E-state index contributed by atoms with van der Waals surface area (Å²) in [5.41, 5.74) is 0. The second kappa shape index (κ2) is 7.60. The molecule has 1 aliphatic heterocycles. The minimum absolute atomic E-state index is 0.286. The average molecular weight is 280 g/mol. The Balaban J connectivity index is 1.83. The van der Waals surface area contributed by atoms with E-state index in [9.17, 15) is 4.39 Å². The molecule has 20 heavy (non-hydrogen) atoms. The molecule has 0 saturated carbocycles. The van der Waals surface area contributed by atoms with Crippen LogP contribution in [0.1, 0.15) is 26.7 Å². The number of nitrogens with one attached hydrogen (secondary N) is 1. The maximum absolute atomic E-state index is 13.5. The van der Waals surface area contributed by atoms with Gasteiger partial charge in [-0.1, -0.05) is 26.0 Å². The van der Waals surface area contributed by atoms with Gasteiger partial charge in [0.25, 0.3) is 0 Å². The standard InChI is InChI=1S/C16H25FN2O/c1-3-13-12-19(14(4-2)11-18-13)9-10-20-16-8-6-5-7-15(16)17/h5-8,13-14,18H,3-4,9-12H2,1-2H3. The first-order valence-corrected chi connectivity index (χ1v) is 7.59. The maximum Gasteiger partial charge on any atom is 0.165 e.